The van der Waals surface area contributed by atoms with Gasteiger partial charge in [0.1, 0.15) is 11.6 Å². The summed E-state index contributed by atoms with van der Waals surface area (Å²) in [4.78, 5) is 8.72. The summed E-state index contributed by atoms with van der Waals surface area (Å²) in [6.45, 7) is 0.699. The monoisotopic (exact) mass is 442 g/mol. The van der Waals surface area contributed by atoms with Crippen molar-refractivity contribution in [3.63, 3.8) is 0 Å². The number of halogens is 2. The van der Waals surface area contributed by atoms with Crippen molar-refractivity contribution in [2.24, 2.45) is 5.92 Å². The van der Waals surface area contributed by atoms with E-state index in [-0.39, 0.29) is 5.95 Å². The van der Waals surface area contributed by atoms with E-state index >= 15 is 0 Å². The molecule has 0 bridgehead atoms. The maximum atomic E-state index is 6.28. The van der Waals surface area contributed by atoms with Gasteiger partial charge < -0.3 is 15.8 Å². The number of nitrogens with one attached hydrogen (secondary N) is 1. The summed E-state index contributed by atoms with van der Waals surface area (Å²) < 4.78 is 6.20. The molecule has 1 fully saturated rings. The average Bonchev–Trinajstić information content (AvgIpc) is 2.75. The van der Waals surface area contributed by atoms with Gasteiger partial charge in [0.05, 0.1) is 12.3 Å². The molecule has 0 aliphatic heterocycles. The summed E-state index contributed by atoms with van der Waals surface area (Å²) >= 11 is 12.2. The van der Waals surface area contributed by atoms with Crippen molar-refractivity contribution in [3.8, 4) is 17.0 Å². The van der Waals surface area contributed by atoms with Gasteiger partial charge in [0.25, 0.3) is 0 Å². The fourth-order valence-electron chi connectivity index (χ4n) is 3.74. The van der Waals surface area contributed by atoms with Crippen LogP contribution in [0.5, 0.6) is 5.75 Å². The van der Waals surface area contributed by atoms with Gasteiger partial charge in [-0.05, 0) is 61.2 Å². The van der Waals surface area contributed by atoms with Crippen LogP contribution in [0.15, 0.2) is 48.5 Å². The van der Waals surface area contributed by atoms with Gasteiger partial charge in [-0.15, -0.1) is 0 Å². The zero-order chi connectivity index (χ0) is 20.9. The van der Waals surface area contributed by atoms with E-state index in [9.17, 15) is 0 Å². The van der Waals surface area contributed by atoms with Gasteiger partial charge in [-0.2, -0.15) is 4.98 Å². The Balaban J connectivity index is 1.59. The highest BCUT2D eigenvalue weighted by Crippen LogP contribution is 2.34. The molecule has 3 N–H and O–H groups in total. The van der Waals surface area contributed by atoms with Crippen molar-refractivity contribution in [1.82, 2.24) is 9.97 Å². The Hall–Kier alpha value is -2.50. The van der Waals surface area contributed by atoms with Crippen LogP contribution in [0.1, 0.15) is 32.1 Å². The molecular formula is C23H24Cl2N4O. The highest BCUT2D eigenvalue weighted by molar-refractivity contribution is 6.31. The van der Waals surface area contributed by atoms with Crippen LogP contribution in [0.3, 0.4) is 0 Å². The van der Waals surface area contributed by atoms with E-state index < -0.39 is 0 Å². The molecule has 0 unspecified atom stereocenters. The molecule has 0 spiro atoms. The van der Waals surface area contributed by atoms with E-state index in [1.807, 2.05) is 48.5 Å². The van der Waals surface area contributed by atoms with Gasteiger partial charge in [-0.25, -0.2) is 4.98 Å². The Kier molecular flexibility index (Phi) is 6.60. The second kappa shape index (κ2) is 9.54. The molecule has 30 heavy (non-hydrogen) atoms. The zero-order valence-electron chi connectivity index (χ0n) is 16.6. The molecule has 2 aromatic carbocycles. The number of nitrogens with two attached hydrogens (primary N) is 1. The summed E-state index contributed by atoms with van der Waals surface area (Å²) in [5.74, 6) is 2.10. The normalized spacial score (nSPS) is 14.5. The van der Waals surface area contributed by atoms with Gasteiger partial charge in [-0.3, -0.25) is 0 Å². The number of hydrogen-bond acceptors (Lipinski definition) is 5. The summed E-state index contributed by atoms with van der Waals surface area (Å²) in [6.07, 6.45) is 6.33. The van der Waals surface area contributed by atoms with Crippen molar-refractivity contribution in [2.45, 2.75) is 32.1 Å². The number of nitrogen functional groups attached to an aromatic ring is 1. The second-order valence-electron chi connectivity index (χ2n) is 7.58. The first-order chi connectivity index (χ1) is 14.6. The summed E-state index contributed by atoms with van der Waals surface area (Å²) in [5.41, 5.74) is 8.30. The Morgan fingerprint density at radius 1 is 0.933 bits per heavy atom. The molecule has 1 aliphatic carbocycles. The number of anilines is 3. The minimum absolute atomic E-state index is 0.169. The molecule has 4 rings (SSSR count). The highest BCUT2D eigenvalue weighted by atomic mass is 35.5. The molecule has 1 heterocycles. The predicted molar refractivity (Wildman–Crippen MR) is 124 cm³/mol. The van der Waals surface area contributed by atoms with Crippen LogP contribution in [0.2, 0.25) is 10.0 Å². The van der Waals surface area contributed by atoms with Crippen LogP contribution in [-0.2, 0) is 0 Å². The first-order valence-corrected chi connectivity index (χ1v) is 10.9. The van der Waals surface area contributed by atoms with E-state index in [1.54, 1.807) is 0 Å². The lowest BCUT2D eigenvalue weighted by Gasteiger charge is -2.22. The Morgan fingerprint density at radius 3 is 2.43 bits per heavy atom. The minimum Gasteiger partial charge on any atom is -0.493 e. The summed E-state index contributed by atoms with van der Waals surface area (Å²) in [7, 11) is 0. The van der Waals surface area contributed by atoms with E-state index in [1.165, 1.54) is 32.1 Å². The molecule has 0 saturated heterocycles. The maximum absolute atomic E-state index is 6.28. The number of hydrogen-bond donors (Lipinski definition) is 2. The molecule has 7 heteroatoms. The molecule has 3 aromatic rings. The van der Waals surface area contributed by atoms with Crippen LogP contribution in [0.4, 0.5) is 17.5 Å². The SMILES string of the molecule is Nc1nc(Nc2ccc(Cl)cc2)cc(-c2cc(Cl)ccc2OCC2CCCCC2)n1. The van der Waals surface area contributed by atoms with Crippen LogP contribution in [0.25, 0.3) is 11.3 Å². The highest BCUT2D eigenvalue weighted by Gasteiger charge is 2.17. The van der Waals surface area contributed by atoms with Gasteiger partial charge in [0.2, 0.25) is 5.95 Å². The van der Waals surface area contributed by atoms with Crippen LogP contribution in [0, 0.1) is 5.92 Å². The number of aromatic nitrogens is 2. The van der Waals surface area contributed by atoms with Gasteiger partial charge in [0.15, 0.2) is 0 Å². The molecular weight excluding hydrogens is 419 g/mol. The molecule has 5 nitrogen and oxygen atoms in total. The molecule has 0 atom stereocenters. The number of benzene rings is 2. The molecule has 0 amide bonds. The molecule has 1 aromatic heterocycles. The maximum Gasteiger partial charge on any atom is 0.222 e. The quantitative estimate of drug-likeness (QED) is 0.442. The van der Waals surface area contributed by atoms with Crippen molar-refractivity contribution in [1.29, 1.82) is 0 Å². The lowest BCUT2D eigenvalue weighted by molar-refractivity contribution is 0.209. The Labute approximate surface area is 186 Å². The lowest BCUT2D eigenvalue weighted by Crippen LogP contribution is -2.15. The van der Waals surface area contributed by atoms with Crippen LogP contribution >= 0.6 is 23.2 Å². The molecule has 156 valence electrons. The van der Waals surface area contributed by atoms with Crippen molar-refractivity contribution < 1.29 is 4.74 Å². The van der Waals surface area contributed by atoms with Gasteiger partial charge in [0, 0.05) is 27.4 Å². The van der Waals surface area contributed by atoms with E-state index in [4.69, 9.17) is 33.7 Å². The first-order valence-electron chi connectivity index (χ1n) is 10.2. The third kappa shape index (κ3) is 5.35. The van der Waals surface area contributed by atoms with E-state index in [0.717, 1.165) is 17.0 Å². The second-order valence-corrected chi connectivity index (χ2v) is 8.46. The number of ether oxygens (including phenoxy) is 1. The molecule has 1 aliphatic rings. The third-order valence-corrected chi connectivity index (χ3v) is 5.76. The third-order valence-electron chi connectivity index (χ3n) is 5.28. The van der Waals surface area contributed by atoms with Gasteiger partial charge in [-0.1, -0.05) is 42.5 Å². The van der Waals surface area contributed by atoms with Crippen molar-refractivity contribution in [2.75, 3.05) is 17.7 Å². The smallest absolute Gasteiger partial charge is 0.222 e. The predicted octanol–water partition coefficient (Wildman–Crippen LogP) is 6.74. The Bertz CT molecular complexity index is 1000. The fraction of sp³-hybridized carbons (Fsp3) is 0.304. The summed E-state index contributed by atoms with van der Waals surface area (Å²) in [6, 6.07) is 14.8. The Morgan fingerprint density at radius 2 is 1.67 bits per heavy atom. The zero-order valence-corrected chi connectivity index (χ0v) is 18.1. The minimum atomic E-state index is 0.169. The van der Waals surface area contributed by atoms with Crippen molar-refractivity contribution >= 4 is 40.7 Å². The first kappa shape index (κ1) is 20.8. The molecule has 0 radical (unpaired) electrons. The van der Waals surface area contributed by atoms with E-state index in [0.29, 0.717) is 34.1 Å². The lowest BCUT2D eigenvalue weighted by atomic mass is 9.90. The van der Waals surface area contributed by atoms with Crippen molar-refractivity contribution in [3.05, 3.63) is 58.6 Å². The summed E-state index contributed by atoms with van der Waals surface area (Å²) in [5, 5.41) is 4.52. The number of nitrogens with zero attached hydrogens (tertiary/aromatic N) is 2. The standard InChI is InChI=1S/C23H24Cl2N4O/c24-16-6-9-18(10-7-16)27-22-13-20(28-23(26)29-22)19-12-17(25)8-11-21(19)30-14-15-4-2-1-3-5-15/h6-13,15H,1-5,14H2,(H3,26,27,28,29). The average molecular weight is 443 g/mol. The van der Waals surface area contributed by atoms with E-state index in [2.05, 4.69) is 15.3 Å². The molecule has 1 saturated carbocycles. The van der Waals surface area contributed by atoms with Gasteiger partial charge >= 0.3 is 0 Å². The van der Waals surface area contributed by atoms with Crippen LogP contribution < -0.4 is 15.8 Å². The topological polar surface area (TPSA) is 73.1 Å². The van der Waals surface area contributed by atoms with Crippen LogP contribution in [-0.4, -0.2) is 16.6 Å². The fourth-order valence-corrected chi connectivity index (χ4v) is 4.04. The largest absolute Gasteiger partial charge is 0.493 e. The number of rotatable bonds is 6.